The Morgan fingerprint density at radius 1 is 1.25 bits per heavy atom. The molecule has 4 nitrogen and oxygen atoms in total. The molecule has 0 aromatic rings. The van der Waals surface area contributed by atoms with E-state index in [0.717, 1.165) is 0 Å². The van der Waals surface area contributed by atoms with Crippen LogP contribution in [0.3, 0.4) is 0 Å². The third-order valence-electron chi connectivity index (χ3n) is 3.58. The fraction of sp³-hybridized carbons (Fsp3) is 0.923. The topological polar surface area (TPSA) is 52.6 Å². The average molecular weight is 296 g/mol. The number of rotatable bonds is 2. The Morgan fingerprint density at radius 2 is 1.70 bits per heavy atom. The highest BCUT2D eigenvalue weighted by Gasteiger charge is 2.54. The van der Waals surface area contributed by atoms with E-state index < -0.39 is 30.7 Å². The van der Waals surface area contributed by atoms with Crippen molar-refractivity contribution >= 4 is 5.91 Å². The van der Waals surface area contributed by atoms with Crippen LogP contribution in [0, 0.1) is 0 Å². The number of hydrogen-bond acceptors (Lipinski definition) is 3. The van der Waals surface area contributed by atoms with Gasteiger partial charge < -0.3 is 10.4 Å². The number of carbonyl (C=O) groups excluding carboxylic acids is 1. The molecule has 0 aromatic carbocycles. The Labute approximate surface area is 117 Å². The van der Waals surface area contributed by atoms with Gasteiger partial charge in [0, 0.05) is 18.6 Å². The lowest BCUT2D eigenvalue weighted by Gasteiger charge is -2.41. The number of amides is 1. The number of nitrogens with zero attached hydrogens (tertiary/aromatic N) is 1. The van der Waals surface area contributed by atoms with Gasteiger partial charge in [-0.15, -0.1) is 0 Å². The Balaban J connectivity index is 2.59. The minimum absolute atomic E-state index is 0.0503. The smallest absolute Gasteiger partial charge is 0.380 e. The third kappa shape index (κ3) is 4.09. The molecule has 0 unspecified atom stereocenters. The highest BCUT2D eigenvalue weighted by atomic mass is 19.4. The van der Waals surface area contributed by atoms with Crippen molar-refractivity contribution in [2.45, 2.75) is 63.9 Å². The molecule has 7 heteroatoms. The number of likely N-dealkylation sites (tertiary alicyclic amines) is 1. The van der Waals surface area contributed by atoms with E-state index in [2.05, 4.69) is 5.32 Å². The lowest BCUT2D eigenvalue weighted by molar-refractivity contribution is -0.273. The van der Waals surface area contributed by atoms with Crippen LogP contribution >= 0.6 is 0 Å². The Hall–Kier alpha value is -0.820. The normalized spacial score (nSPS) is 22.4. The van der Waals surface area contributed by atoms with Crippen LogP contribution in [-0.2, 0) is 4.79 Å². The van der Waals surface area contributed by atoms with Crippen molar-refractivity contribution in [1.82, 2.24) is 10.2 Å². The van der Waals surface area contributed by atoms with Crippen LogP contribution in [0.4, 0.5) is 13.2 Å². The van der Waals surface area contributed by atoms with E-state index in [1.165, 1.54) is 0 Å². The lowest BCUT2D eigenvalue weighted by Crippen LogP contribution is -2.58. The molecule has 0 bridgehead atoms. The summed E-state index contributed by atoms with van der Waals surface area (Å²) >= 11 is 0. The number of halogens is 3. The van der Waals surface area contributed by atoms with Crippen molar-refractivity contribution in [2.75, 3.05) is 13.1 Å². The van der Waals surface area contributed by atoms with Gasteiger partial charge in [-0.05, 0) is 40.5 Å². The predicted molar refractivity (Wildman–Crippen MR) is 69.2 cm³/mol. The molecule has 0 aliphatic carbocycles. The molecule has 0 aromatic heterocycles. The second-order valence-electron chi connectivity index (χ2n) is 6.48. The SMILES string of the molecule is C[C@@H](C(=O)NC(C)(C)C)N1CCC(O)(C(F)(F)F)CC1. The van der Waals surface area contributed by atoms with Crippen LogP contribution in [0.25, 0.3) is 0 Å². The first kappa shape index (κ1) is 17.2. The number of piperidine rings is 1. The maximum Gasteiger partial charge on any atom is 0.417 e. The van der Waals surface area contributed by atoms with Crippen molar-refractivity contribution in [2.24, 2.45) is 0 Å². The number of hydrogen-bond donors (Lipinski definition) is 2. The van der Waals surface area contributed by atoms with E-state index in [4.69, 9.17) is 0 Å². The van der Waals surface area contributed by atoms with E-state index in [-0.39, 0.29) is 24.5 Å². The number of carbonyl (C=O) groups is 1. The zero-order chi connectivity index (χ0) is 15.8. The molecule has 1 heterocycles. The van der Waals surface area contributed by atoms with Crippen LogP contribution in [-0.4, -0.2) is 52.4 Å². The molecule has 1 saturated heterocycles. The lowest BCUT2D eigenvalue weighted by atomic mass is 9.90. The van der Waals surface area contributed by atoms with Crippen molar-refractivity contribution < 1.29 is 23.1 Å². The molecule has 0 saturated carbocycles. The monoisotopic (exact) mass is 296 g/mol. The molecule has 1 atom stereocenters. The summed E-state index contributed by atoms with van der Waals surface area (Å²) in [6.45, 7) is 7.30. The maximum atomic E-state index is 12.7. The van der Waals surface area contributed by atoms with Gasteiger partial charge in [-0.1, -0.05) is 0 Å². The van der Waals surface area contributed by atoms with Gasteiger partial charge in [-0.2, -0.15) is 13.2 Å². The Morgan fingerprint density at radius 3 is 2.05 bits per heavy atom. The minimum atomic E-state index is -4.62. The summed E-state index contributed by atoms with van der Waals surface area (Å²) in [5.41, 5.74) is -3.00. The van der Waals surface area contributed by atoms with Gasteiger partial charge in [0.2, 0.25) is 5.91 Å². The Bertz CT molecular complexity index is 356. The maximum absolute atomic E-state index is 12.7. The van der Waals surface area contributed by atoms with Crippen molar-refractivity contribution in [3.63, 3.8) is 0 Å². The van der Waals surface area contributed by atoms with E-state index >= 15 is 0 Å². The van der Waals surface area contributed by atoms with Gasteiger partial charge in [0.1, 0.15) is 0 Å². The summed E-state index contributed by atoms with van der Waals surface area (Å²) < 4.78 is 38.1. The average Bonchev–Trinajstić information content (AvgIpc) is 2.25. The molecule has 1 aliphatic heterocycles. The standard InChI is InChI=1S/C13H23F3N2O2/c1-9(10(19)17-11(2,3)4)18-7-5-12(20,6-8-18)13(14,15)16/h9,20H,5-8H2,1-4H3,(H,17,19)/t9-/m0/s1. The van der Waals surface area contributed by atoms with Crippen LogP contribution in [0.2, 0.25) is 0 Å². The molecule has 1 amide bonds. The first-order chi connectivity index (χ1) is 8.86. The van der Waals surface area contributed by atoms with Gasteiger partial charge in [0.05, 0.1) is 6.04 Å². The van der Waals surface area contributed by atoms with E-state index in [9.17, 15) is 23.1 Å². The van der Waals surface area contributed by atoms with Crippen molar-refractivity contribution in [3.8, 4) is 0 Å². The zero-order valence-corrected chi connectivity index (χ0v) is 12.3. The molecule has 0 radical (unpaired) electrons. The van der Waals surface area contributed by atoms with E-state index in [0.29, 0.717) is 0 Å². The van der Waals surface area contributed by atoms with Crippen LogP contribution < -0.4 is 5.32 Å². The number of aliphatic hydroxyl groups is 1. The molecular weight excluding hydrogens is 273 g/mol. The van der Waals surface area contributed by atoms with Gasteiger partial charge in [0.15, 0.2) is 5.60 Å². The number of nitrogens with one attached hydrogen (secondary N) is 1. The van der Waals surface area contributed by atoms with Gasteiger partial charge >= 0.3 is 6.18 Å². The molecule has 1 aliphatic rings. The molecule has 1 fully saturated rings. The van der Waals surface area contributed by atoms with Gasteiger partial charge in [0.25, 0.3) is 0 Å². The summed E-state index contributed by atoms with van der Waals surface area (Å²) in [4.78, 5) is 13.6. The molecule has 118 valence electrons. The summed E-state index contributed by atoms with van der Waals surface area (Å²) in [5, 5.41) is 12.4. The Kier molecular flexibility index (Phi) is 4.76. The zero-order valence-electron chi connectivity index (χ0n) is 12.3. The minimum Gasteiger partial charge on any atom is -0.380 e. The largest absolute Gasteiger partial charge is 0.417 e. The fourth-order valence-corrected chi connectivity index (χ4v) is 2.20. The summed E-state index contributed by atoms with van der Waals surface area (Å²) in [7, 11) is 0. The highest BCUT2D eigenvalue weighted by molar-refractivity contribution is 5.81. The van der Waals surface area contributed by atoms with Gasteiger partial charge in [-0.3, -0.25) is 9.69 Å². The van der Waals surface area contributed by atoms with Crippen molar-refractivity contribution in [3.05, 3.63) is 0 Å². The third-order valence-corrected chi connectivity index (χ3v) is 3.58. The summed E-state index contributed by atoms with van der Waals surface area (Å²) in [6.07, 6.45) is -5.41. The predicted octanol–water partition coefficient (Wildman–Crippen LogP) is 1.68. The van der Waals surface area contributed by atoms with Crippen LogP contribution in [0.5, 0.6) is 0 Å². The van der Waals surface area contributed by atoms with Gasteiger partial charge in [-0.25, -0.2) is 0 Å². The highest BCUT2D eigenvalue weighted by Crippen LogP contribution is 2.38. The molecule has 20 heavy (non-hydrogen) atoms. The quantitative estimate of drug-likeness (QED) is 0.815. The van der Waals surface area contributed by atoms with Crippen molar-refractivity contribution in [1.29, 1.82) is 0 Å². The molecular formula is C13H23F3N2O2. The summed E-state index contributed by atoms with van der Waals surface area (Å²) in [5.74, 6) is -0.213. The second-order valence-corrected chi connectivity index (χ2v) is 6.48. The van der Waals surface area contributed by atoms with E-state index in [1.54, 1.807) is 11.8 Å². The first-order valence-corrected chi connectivity index (χ1v) is 6.71. The number of alkyl halides is 3. The molecule has 1 rings (SSSR count). The van der Waals surface area contributed by atoms with Crippen LogP contribution in [0.1, 0.15) is 40.5 Å². The second kappa shape index (κ2) is 5.52. The first-order valence-electron chi connectivity index (χ1n) is 6.71. The molecule has 2 N–H and O–H groups in total. The van der Waals surface area contributed by atoms with Crippen LogP contribution in [0.15, 0.2) is 0 Å². The summed E-state index contributed by atoms with van der Waals surface area (Å²) in [6, 6.07) is -0.507. The van der Waals surface area contributed by atoms with E-state index in [1.807, 2.05) is 20.8 Å². The fourth-order valence-electron chi connectivity index (χ4n) is 2.20. The molecule has 0 spiro atoms.